The summed E-state index contributed by atoms with van der Waals surface area (Å²) >= 11 is 0. The van der Waals surface area contributed by atoms with E-state index in [0.717, 1.165) is 21.6 Å². The van der Waals surface area contributed by atoms with Crippen molar-refractivity contribution in [3.63, 3.8) is 0 Å². The van der Waals surface area contributed by atoms with Gasteiger partial charge in [0.15, 0.2) is 0 Å². The topological polar surface area (TPSA) is 98.0 Å². The maximum absolute atomic E-state index is 11.6. The van der Waals surface area contributed by atoms with Gasteiger partial charge >= 0.3 is 0 Å². The van der Waals surface area contributed by atoms with Crippen LogP contribution in [0.2, 0.25) is 0 Å². The third-order valence-corrected chi connectivity index (χ3v) is 5.40. The molecule has 3 N–H and O–H groups in total. The molecule has 0 spiro atoms. The maximum atomic E-state index is 11.6. The number of primary amides is 1. The Morgan fingerprint density at radius 1 is 1.04 bits per heavy atom. The van der Waals surface area contributed by atoms with Gasteiger partial charge in [-0.15, -0.1) is 0 Å². The Morgan fingerprint density at radius 2 is 1.68 bits per heavy atom. The first-order valence-electron chi connectivity index (χ1n) is 8.71. The van der Waals surface area contributed by atoms with Crippen molar-refractivity contribution in [2.45, 2.75) is 24.3 Å². The van der Waals surface area contributed by atoms with Crippen LogP contribution in [0, 0.1) is 0 Å². The van der Waals surface area contributed by atoms with Crippen LogP contribution in [-0.4, -0.2) is 26.3 Å². The van der Waals surface area contributed by atoms with Crippen molar-refractivity contribution >= 4 is 22.7 Å². The molecule has 6 nitrogen and oxygen atoms in total. The molecule has 0 aliphatic carbocycles. The molecule has 1 amide bonds. The van der Waals surface area contributed by atoms with Crippen LogP contribution in [0.15, 0.2) is 65.8 Å². The highest BCUT2D eigenvalue weighted by molar-refractivity contribution is 7.84. The van der Waals surface area contributed by atoms with Gasteiger partial charge in [0.25, 0.3) is 0 Å². The van der Waals surface area contributed by atoms with Crippen LogP contribution >= 0.6 is 0 Å². The van der Waals surface area contributed by atoms with Crippen LogP contribution in [0.25, 0.3) is 11.1 Å². The zero-order valence-corrected chi connectivity index (χ0v) is 16.8. The Bertz CT molecular complexity index is 1020. The average Bonchev–Trinajstić information content (AvgIpc) is 2.68. The second-order valence-electron chi connectivity index (χ2n) is 6.97. The molecule has 0 fully saturated rings. The van der Waals surface area contributed by atoms with Crippen LogP contribution in [0.5, 0.6) is 0 Å². The number of carbonyl (C=O) groups excluding carboxylic acids is 1. The molecule has 0 radical (unpaired) electrons. The summed E-state index contributed by atoms with van der Waals surface area (Å²) in [7, 11) is -1.00. The fourth-order valence-corrected chi connectivity index (χ4v) is 3.33. The molecule has 0 saturated heterocycles. The molecular weight excluding hydrogens is 372 g/mol. The van der Waals surface area contributed by atoms with E-state index in [9.17, 15) is 9.00 Å². The Hall–Kier alpha value is -3.06. The SMILES string of the molecule is CS(=O)c1ccc(C(C)(C)Nc2ncc(-c3cccc(C(N)=O)c3)cn2)cc1. The number of hydrogen-bond acceptors (Lipinski definition) is 5. The van der Waals surface area contributed by atoms with Gasteiger partial charge in [-0.05, 0) is 49.2 Å². The number of aromatic nitrogens is 2. The predicted octanol–water partition coefficient (Wildman–Crippen LogP) is 3.33. The van der Waals surface area contributed by atoms with Gasteiger partial charge in [-0.1, -0.05) is 24.3 Å². The molecule has 0 aliphatic rings. The molecule has 1 atom stereocenters. The van der Waals surface area contributed by atoms with Crippen LogP contribution in [0.1, 0.15) is 29.8 Å². The van der Waals surface area contributed by atoms with Gasteiger partial charge in [0, 0.05) is 45.5 Å². The van der Waals surface area contributed by atoms with Crippen molar-refractivity contribution in [1.82, 2.24) is 9.97 Å². The molecule has 3 rings (SSSR count). The lowest BCUT2D eigenvalue weighted by atomic mass is 9.94. The highest BCUT2D eigenvalue weighted by Gasteiger charge is 2.21. The summed E-state index contributed by atoms with van der Waals surface area (Å²) in [6.45, 7) is 4.05. The van der Waals surface area contributed by atoms with Crippen molar-refractivity contribution in [2.24, 2.45) is 5.73 Å². The number of carbonyl (C=O) groups is 1. The minimum absolute atomic E-state index is 0.416. The molecule has 0 saturated carbocycles. The molecule has 1 heterocycles. The second-order valence-corrected chi connectivity index (χ2v) is 8.35. The molecule has 1 aromatic heterocycles. The number of hydrogen-bond donors (Lipinski definition) is 2. The Balaban J connectivity index is 1.78. The third-order valence-electron chi connectivity index (χ3n) is 4.46. The Labute approximate surface area is 166 Å². The number of nitrogens with zero attached hydrogens (tertiary/aromatic N) is 2. The van der Waals surface area contributed by atoms with Crippen LogP contribution in [-0.2, 0) is 16.3 Å². The molecule has 144 valence electrons. The van der Waals surface area contributed by atoms with E-state index in [1.165, 1.54) is 0 Å². The van der Waals surface area contributed by atoms with E-state index in [0.29, 0.717) is 11.5 Å². The van der Waals surface area contributed by atoms with Crippen LogP contribution < -0.4 is 11.1 Å². The molecule has 28 heavy (non-hydrogen) atoms. The Kier molecular flexibility index (Phi) is 5.56. The van der Waals surface area contributed by atoms with E-state index in [1.54, 1.807) is 36.8 Å². The summed E-state index contributed by atoms with van der Waals surface area (Å²) in [4.78, 5) is 20.9. The number of nitrogens with two attached hydrogens (primary N) is 1. The van der Waals surface area contributed by atoms with Crippen molar-refractivity contribution in [3.05, 3.63) is 72.1 Å². The van der Waals surface area contributed by atoms with Gasteiger partial charge in [-0.3, -0.25) is 9.00 Å². The number of benzene rings is 2. The van der Waals surface area contributed by atoms with Gasteiger partial charge < -0.3 is 11.1 Å². The predicted molar refractivity (Wildman–Crippen MR) is 111 cm³/mol. The molecule has 3 aromatic rings. The molecular formula is C21H22N4O2S. The third kappa shape index (κ3) is 4.43. The number of rotatable bonds is 6. The lowest BCUT2D eigenvalue weighted by Crippen LogP contribution is -2.29. The lowest BCUT2D eigenvalue weighted by molar-refractivity contribution is 0.100. The first-order chi connectivity index (χ1) is 13.3. The quantitative estimate of drug-likeness (QED) is 0.668. The number of amides is 1. The van der Waals surface area contributed by atoms with Crippen molar-refractivity contribution in [2.75, 3.05) is 11.6 Å². The largest absolute Gasteiger partial charge is 0.366 e. The lowest BCUT2D eigenvalue weighted by Gasteiger charge is -2.27. The van der Waals surface area contributed by atoms with Gasteiger partial charge in [0.2, 0.25) is 11.9 Å². The smallest absolute Gasteiger partial charge is 0.248 e. The van der Waals surface area contributed by atoms with Crippen LogP contribution in [0.4, 0.5) is 5.95 Å². The molecule has 0 aliphatic heterocycles. The summed E-state index contributed by atoms with van der Waals surface area (Å²) in [5.41, 5.74) is 8.01. The highest BCUT2D eigenvalue weighted by atomic mass is 32.2. The number of anilines is 1. The van der Waals surface area contributed by atoms with Crippen molar-refractivity contribution in [3.8, 4) is 11.1 Å². The molecule has 1 unspecified atom stereocenters. The van der Waals surface area contributed by atoms with Gasteiger partial charge in [0.1, 0.15) is 0 Å². The van der Waals surface area contributed by atoms with E-state index >= 15 is 0 Å². The summed E-state index contributed by atoms with van der Waals surface area (Å²) in [5.74, 6) is 0.0173. The van der Waals surface area contributed by atoms with Crippen LogP contribution in [0.3, 0.4) is 0 Å². The van der Waals surface area contributed by atoms with Crippen molar-refractivity contribution < 1.29 is 9.00 Å². The summed E-state index contributed by atoms with van der Waals surface area (Å²) in [6.07, 6.45) is 5.07. The first kappa shape index (κ1) is 19.7. The standard InChI is InChI=1S/C21H22N4O2S/c1-21(2,17-7-9-18(10-8-17)28(3)27)25-20-23-12-16(13-24-20)14-5-4-6-15(11-14)19(22)26/h4-13H,1-3H3,(H2,22,26)(H,23,24,25). The van der Waals surface area contributed by atoms with Crippen molar-refractivity contribution in [1.29, 1.82) is 0 Å². The monoisotopic (exact) mass is 394 g/mol. The molecule has 7 heteroatoms. The van der Waals surface area contributed by atoms with Gasteiger partial charge in [-0.25, -0.2) is 9.97 Å². The molecule has 2 aromatic carbocycles. The van der Waals surface area contributed by atoms with E-state index in [-0.39, 0.29) is 0 Å². The fourth-order valence-electron chi connectivity index (χ4n) is 2.81. The van der Waals surface area contributed by atoms with Gasteiger partial charge in [-0.2, -0.15) is 0 Å². The fraction of sp³-hybridized carbons (Fsp3) is 0.190. The maximum Gasteiger partial charge on any atom is 0.248 e. The minimum Gasteiger partial charge on any atom is -0.366 e. The van der Waals surface area contributed by atoms with Gasteiger partial charge in [0.05, 0.1) is 5.54 Å². The van der Waals surface area contributed by atoms with E-state index in [1.807, 2.05) is 44.2 Å². The Morgan fingerprint density at radius 3 is 2.25 bits per heavy atom. The summed E-state index contributed by atoms with van der Waals surface area (Å²) in [6, 6.07) is 14.7. The second kappa shape index (κ2) is 7.90. The normalized spacial score (nSPS) is 12.4. The average molecular weight is 395 g/mol. The highest BCUT2D eigenvalue weighted by Crippen LogP contribution is 2.26. The zero-order valence-electron chi connectivity index (χ0n) is 16.0. The number of nitrogens with one attached hydrogen (secondary N) is 1. The minimum atomic E-state index is -1.00. The first-order valence-corrected chi connectivity index (χ1v) is 10.3. The summed E-state index contributed by atoms with van der Waals surface area (Å²) < 4.78 is 11.6. The van der Waals surface area contributed by atoms with E-state index < -0.39 is 22.2 Å². The van der Waals surface area contributed by atoms with E-state index in [4.69, 9.17) is 5.73 Å². The summed E-state index contributed by atoms with van der Waals surface area (Å²) in [5, 5.41) is 3.32. The molecule has 0 bridgehead atoms. The zero-order chi connectivity index (χ0) is 20.3. The van der Waals surface area contributed by atoms with E-state index in [2.05, 4.69) is 15.3 Å².